The molecule has 1 aromatic rings. The van der Waals surface area contributed by atoms with Crippen molar-refractivity contribution in [3.05, 3.63) is 28.8 Å². The second-order valence-electron chi connectivity index (χ2n) is 6.63. The van der Waals surface area contributed by atoms with Crippen LogP contribution in [0.4, 0.5) is 13.2 Å². The summed E-state index contributed by atoms with van der Waals surface area (Å²) >= 11 is 0. The van der Waals surface area contributed by atoms with Crippen LogP contribution in [0.25, 0.3) is 0 Å². The van der Waals surface area contributed by atoms with Crippen molar-refractivity contribution in [3.63, 3.8) is 0 Å². The van der Waals surface area contributed by atoms with Crippen LogP contribution in [-0.2, 0) is 4.79 Å². The molecular weight excluding hydrogens is 349 g/mol. The van der Waals surface area contributed by atoms with Crippen molar-refractivity contribution in [3.8, 4) is 5.75 Å². The molecule has 1 aromatic carbocycles. The van der Waals surface area contributed by atoms with E-state index in [9.17, 15) is 23.1 Å². The number of halogens is 3. The molecule has 144 valence electrons. The third kappa shape index (κ3) is 3.85. The lowest BCUT2D eigenvalue weighted by Crippen LogP contribution is -2.57. The smallest absolute Gasteiger partial charge is 0.438 e. The maximum atomic E-state index is 13.3. The minimum atomic E-state index is -5.02. The first kappa shape index (κ1) is 20.2. The van der Waals surface area contributed by atoms with Crippen molar-refractivity contribution in [2.45, 2.75) is 58.9 Å². The Bertz CT molecular complexity index is 708. The summed E-state index contributed by atoms with van der Waals surface area (Å²) in [4.78, 5) is 12.4. The molecule has 1 amide bonds. The fraction of sp³-hybridized carbons (Fsp3) is 0.556. The average molecular weight is 372 g/mol. The molecule has 26 heavy (non-hydrogen) atoms. The van der Waals surface area contributed by atoms with Gasteiger partial charge in [-0.05, 0) is 38.3 Å². The van der Waals surface area contributed by atoms with Crippen molar-refractivity contribution in [1.82, 2.24) is 5.01 Å². The van der Waals surface area contributed by atoms with Gasteiger partial charge in [0.2, 0.25) is 0 Å². The highest BCUT2D eigenvalue weighted by Gasteiger charge is 2.63. The molecule has 1 heterocycles. The van der Waals surface area contributed by atoms with E-state index in [4.69, 9.17) is 4.74 Å². The van der Waals surface area contributed by atoms with Gasteiger partial charge in [-0.15, -0.1) is 0 Å². The van der Waals surface area contributed by atoms with E-state index in [0.717, 1.165) is 16.7 Å². The fourth-order valence-electron chi connectivity index (χ4n) is 3.12. The number of aliphatic hydroxyl groups is 1. The Kier molecular flexibility index (Phi) is 5.65. The van der Waals surface area contributed by atoms with E-state index in [0.29, 0.717) is 12.2 Å². The Labute approximate surface area is 150 Å². The van der Waals surface area contributed by atoms with Crippen molar-refractivity contribution in [1.29, 1.82) is 0 Å². The van der Waals surface area contributed by atoms with Crippen LogP contribution in [0.3, 0.4) is 0 Å². The first-order valence-electron chi connectivity index (χ1n) is 8.38. The molecule has 1 aliphatic rings. The molecule has 0 aliphatic carbocycles. The number of alkyl halides is 3. The Hall–Kier alpha value is -2.09. The predicted octanol–water partition coefficient (Wildman–Crippen LogP) is 3.63. The van der Waals surface area contributed by atoms with Crippen LogP contribution in [0.2, 0.25) is 0 Å². The summed E-state index contributed by atoms with van der Waals surface area (Å²) in [5.41, 5.74) is -0.618. The van der Waals surface area contributed by atoms with Crippen molar-refractivity contribution in [2.75, 3.05) is 6.61 Å². The molecule has 1 N–H and O–H groups in total. The topological polar surface area (TPSA) is 62.1 Å². The summed E-state index contributed by atoms with van der Waals surface area (Å²) in [7, 11) is 0. The van der Waals surface area contributed by atoms with E-state index in [-0.39, 0.29) is 17.1 Å². The molecular formula is C18H23F3N2O3. The largest absolute Gasteiger partial charge is 0.483 e. The summed E-state index contributed by atoms with van der Waals surface area (Å²) in [6.07, 6.45) is -4.91. The van der Waals surface area contributed by atoms with Crippen LogP contribution in [0.15, 0.2) is 17.2 Å². The molecule has 0 aromatic heterocycles. The van der Waals surface area contributed by atoms with Gasteiger partial charge in [-0.25, -0.2) is 0 Å². The second kappa shape index (κ2) is 7.26. The summed E-state index contributed by atoms with van der Waals surface area (Å²) in [6, 6.07) is 3.71. The fourth-order valence-corrected chi connectivity index (χ4v) is 3.12. The summed E-state index contributed by atoms with van der Waals surface area (Å²) in [5.74, 6) is -0.605. The summed E-state index contributed by atoms with van der Waals surface area (Å²) in [6.45, 7) is 6.63. The molecule has 0 saturated heterocycles. The number of hydrazone groups is 1. The van der Waals surface area contributed by atoms with Crippen molar-refractivity contribution >= 4 is 11.6 Å². The zero-order valence-electron chi connectivity index (χ0n) is 15.3. The highest BCUT2D eigenvalue weighted by atomic mass is 19.4. The number of carbonyl (C=O) groups excluding carboxylic acids is 1. The molecule has 0 saturated carbocycles. The molecule has 0 radical (unpaired) electrons. The maximum Gasteiger partial charge on any atom is 0.438 e. The van der Waals surface area contributed by atoms with E-state index >= 15 is 0 Å². The van der Waals surface area contributed by atoms with E-state index in [2.05, 4.69) is 5.10 Å². The van der Waals surface area contributed by atoms with E-state index in [1.54, 1.807) is 20.8 Å². The monoisotopic (exact) mass is 372 g/mol. The molecule has 8 heteroatoms. The van der Waals surface area contributed by atoms with Gasteiger partial charge in [-0.2, -0.15) is 23.3 Å². The number of aryl methyl sites for hydroxylation is 3. The molecule has 1 aliphatic heterocycles. The van der Waals surface area contributed by atoms with Gasteiger partial charge in [0.15, 0.2) is 6.61 Å². The van der Waals surface area contributed by atoms with Gasteiger partial charge < -0.3 is 9.84 Å². The number of amides is 1. The Morgan fingerprint density at radius 3 is 2.38 bits per heavy atom. The number of rotatable bonds is 5. The van der Waals surface area contributed by atoms with E-state index in [1.807, 2.05) is 19.1 Å². The van der Waals surface area contributed by atoms with Crippen LogP contribution in [0, 0.1) is 20.8 Å². The standard InChI is InChI=1S/C18H23F3N2O3/c1-5-6-14-9-17(25,18(19,20)21)23(22-14)15(24)10-26-16-12(3)7-11(2)8-13(16)4/h7-8,25H,5-6,9-10H2,1-4H3/t17-/m0/s1. The Morgan fingerprint density at radius 2 is 1.88 bits per heavy atom. The Balaban J connectivity index is 2.21. The van der Waals surface area contributed by atoms with Gasteiger partial charge in [0, 0.05) is 12.1 Å². The summed E-state index contributed by atoms with van der Waals surface area (Å²) < 4.78 is 45.5. The summed E-state index contributed by atoms with van der Waals surface area (Å²) in [5, 5.41) is 13.9. The molecule has 5 nitrogen and oxygen atoms in total. The number of hydrogen-bond donors (Lipinski definition) is 1. The highest BCUT2D eigenvalue weighted by Crippen LogP contribution is 2.41. The average Bonchev–Trinajstić information content (AvgIpc) is 2.84. The molecule has 0 spiro atoms. The zero-order valence-corrected chi connectivity index (χ0v) is 15.3. The van der Waals surface area contributed by atoms with E-state index in [1.165, 1.54) is 0 Å². The number of nitrogens with zero attached hydrogens (tertiary/aromatic N) is 2. The second-order valence-corrected chi connectivity index (χ2v) is 6.63. The SMILES string of the molecule is CCCC1=NN(C(=O)COc2c(C)cc(C)cc2C)[C@@](O)(C(F)(F)F)C1. The minimum absolute atomic E-state index is 0.122. The van der Waals surface area contributed by atoms with Crippen LogP contribution in [0.5, 0.6) is 5.75 Å². The molecule has 0 unspecified atom stereocenters. The van der Waals surface area contributed by atoms with Gasteiger partial charge >= 0.3 is 6.18 Å². The highest BCUT2D eigenvalue weighted by molar-refractivity contribution is 5.91. The maximum absolute atomic E-state index is 13.3. The van der Waals surface area contributed by atoms with Crippen LogP contribution < -0.4 is 4.74 Å². The lowest BCUT2D eigenvalue weighted by Gasteiger charge is -2.32. The molecule has 1 atom stereocenters. The molecule has 2 rings (SSSR count). The molecule has 0 fully saturated rings. The number of benzene rings is 1. The predicted molar refractivity (Wildman–Crippen MR) is 91.0 cm³/mol. The van der Waals surface area contributed by atoms with Crippen LogP contribution in [0.1, 0.15) is 42.9 Å². The first-order chi connectivity index (χ1) is 12.0. The number of hydrogen-bond acceptors (Lipinski definition) is 4. The van der Waals surface area contributed by atoms with Gasteiger partial charge in [-0.3, -0.25) is 4.79 Å². The first-order valence-corrected chi connectivity index (χ1v) is 8.38. The van der Waals surface area contributed by atoms with Crippen molar-refractivity contribution < 1.29 is 27.8 Å². The minimum Gasteiger partial charge on any atom is -0.483 e. The van der Waals surface area contributed by atoms with Gasteiger partial charge in [-0.1, -0.05) is 31.0 Å². The van der Waals surface area contributed by atoms with E-state index < -0.39 is 30.8 Å². The third-order valence-corrected chi connectivity index (χ3v) is 4.22. The normalized spacial score (nSPS) is 20.3. The lowest BCUT2D eigenvalue weighted by atomic mass is 10.0. The Morgan fingerprint density at radius 1 is 1.31 bits per heavy atom. The van der Waals surface area contributed by atoms with Crippen molar-refractivity contribution in [2.24, 2.45) is 5.10 Å². The third-order valence-electron chi connectivity index (χ3n) is 4.22. The zero-order chi connectivity index (χ0) is 19.7. The van der Waals surface area contributed by atoms with Crippen LogP contribution in [-0.4, -0.2) is 40.2 Å². The number of carbonyl (C=O) groups is 1. The van der Waals surface area contributed by atoms with Crippen LogP contribution >= 0.6 is 0 Å². The molecule has 0 bridgehead atoms. The lowest BCUT2D eigenvalue weighted by molar-refractivity contribution is -0.302. The quantitative estimate of drug-likeness (QED) is 0.859. The van der Waals surface area contributed by atoms with Gasteiger partial charge in [0.25, 0.3) is 11.6 Å². The number of ether oxygens (including phenoxy) is 1. The van der Waals surface area contributed by atoms with Gasteiger partial charge in [0.05, 0.1) is 0 Å². The van der Waals surface area contributed by atoms with Gasteiger partial charge in [0.1, 0.15) is 5.75 Å².